The quantitative estimate of drug-likeness (QED) is 0.912. The molecule has 0 unspecified atom stereocenters. The first-order valence-electron chi connectivity index (χ1n) is 5.62. The molecule has 104 valence electrons. The number of anilines is 1. The third-order valence-electron chi connectivity index (χ3n) is 2.60. The normalized spacial score (nSPS) is 10.2. The van der Waals surface area contributed by atoms with E-state index in [1.54, 1.807) is 12.1 Å². The van der Waals surface area contributed by atoms with Crippen molar-refractivity contribution in [3.05, 3.63) is 57.8 Å². The van der Waals surface area contributed by atoms with Crippen molar-refractivity contribution in [3.8, 4) is 5.75 Å². The highest BCUT2D eigenvalue weighted by atomic mass is 35.5. The Kier molecular flexibility index (Phi) is 4.47. The number of halogens is 3. The third kappa shape index (κ3) is 3.03. The van der Waals surface area contributed by atoms with Crippen LogP contribution < -0.4 is 10.1 Å². The molecule has 1 N–H and O–H groups in total. The van der Waals surface area contributed by atoms with Crippen molar-refractivity contribution in [3.63, 3.8) is 0 Å². The van der Waals surface area contributed by atoms with Gasteiger partial charge in [-0.15, -0.1) is 0 Å². The van der Waals surface area contributed by atoms with Crippen LogP contribution in [-0.4, -0.2) is 13.0 Å². The van der Waals surface area contributed by atoms with Gasteiger partial charge in [-0.25, -0.2) is 4.39 Å². The van der Waals surface area contributed by atoms with Gasteiger partial charge in [0.05, 0.1) is 23.4 Å². The van der Waals surface area contributed by atoms with Crippen molar-refractivity contribution in [2.24, 2.45) is 0 Å². The van der Waals surface area contributed by atoms with Gasteiger partial charge in [-0.2, -0.15) is 0 Å². The molecule has 0 aliphatic carbocycles. The molecule has 0 bridgehead atoms. The van der Waals surface area contributed by atoms with Gasteiger partial charge in [-0.05, 0) is 30.3 Å². The molecule has 0 radical (unpaired) electrons. The summed E-state index contributed by atoms with van der Waals surface area (Å²) in [7, 11) is 1.45. The van der Waals surface area contributed by atoms with Crippen LogP contribution in [0.2, 0.25) is 10.0 Å². The SMILES string of the molecule is COc1ccc(Cl)cc1NC(=O)c1c(F)cccc1Cl. The lowest BCUT2D eigenvalue weighted by molar-refractivity contribution is 0.102. The van der Waals surface area contributed by atoms with Gasteiger partial charge in [0.15, 0.2) is 0 Å². The number of hydrogen-bond acceptors (Lipinski definition) is 2. The highest BCUT2D eigenvalue weighted by Gasteiger charge is 2.17. The van der Waals surface area contributed by atoms with Crippen LogP contribution in [0.4, 0.5) is 10.1 Å². The molecule has 0 aliphatic rings. The predicted octanol–water partition coefficient (Wildman–Crippen LogP) is 4.39. The molecule has 2 rings (SSSR count). The van der Waals surface area contributed by atoms with E-state index in [2.05, 4.69) is 5.32 Å². The Labute approximate surface area is 125 Å². The van der Waals surface area contributed by atoms with Crippen molar-refractivity contribution in [2.75, 3.05) is 12.4 Å². The van der Waals surface area contributed by atoms with Crippen LogP contribution in [0.15, 0.2) is 36.4 Å². The van der Waals surface area contributed by atoms with E-state index < -0.39 is 11.7 Å². The maximum Gasteiger partial charge on any atom is 0.260 e. The number of methoxy groups -OCH3 is 1. The maximum atomic E-state index is 13.7. The lowest BCUT2D eigenvalue weighted by Gasteiger charge is -2.11. The molecule has 0 atom stereocenters. The molecule has 0 saturated carbocycles. The molecular formula is C14H10Cl2FNO2. The minimum Gasteiger partial charge on any atom is -0.495 e. The van der Waals surface area contributed by atoms with Crippen molar-refractivity contribution in [2.45, 2.75) is 0 Å². The van der Waals surface area contributed by atoms with Crippen molar-refractivity contribution < 1.29 is 13.9 Å². The second-order valence-electron chi connectivity index (χ2n) is 3.90. The van der Waals surface area contributed by atoms with Crippen molar-refractivity contribution >= 4 is 34.8 Å². The van der Waals surface area contributed by atoms with Crippen LogP contribution in [0.3, 0.4) is 0 Å². The highest BCUT2D eigenvalue weighted by molar-refractivity contribution is 6.34. The lowest BCUT2D eigenvalue weighted by Crippen LogP contribution is -2.15. The van der Waals surface area contributed by atoms with E-state index in [9.17, 15) is 9.18 Å². The Bertz CT molecular complexity index is 641. The van der Waals surface area contributed by atoms with Gasteiger partial charge in [-0.3, -0.25) is 4.79 Å². The molecule has 1 amide bonds. The molecule has 0 heterocycles. The summed E-state index contributed by atoms with van der Waals surface area (Å²) in [6, 6.07) is 8.75. The minimum absolute atomic E-state index is 0.0310. The topological polar surface area (TPSA) is 38.3 Å². The second-order valence-corrected chi connectivity index (χ2v) is 4.74. The van der Waals surface area contributed by atoms with E-state index >= 15 is 0 Å². The van der Waals surface area contributed by atoms with Crippen LogP contribution >= 0.6 is 23.2 Å². The largest absolute Gasteiger partial charge is 0.495 e. The van der Waals surface area contributed by atoms with Gasteiger partial charge in [0.25, 0.3) is 5.91 Å². The van der Waals surface area contributed by atoms with E-state index in [1.807, 2.05) is 0 Å². The van der Waals surface area contributed by atoms with Crippen molar-refractivity contribution in [1.29, 1.82) is 0 Å². The Morgan fingerprint density at radius 3 is 2.65 bits per heavy atom. The van der Waals surface area contributed by atoms with E-state index in [1.165, 1.54) is 25.3 Å². The number of hydrogen-bond donors (Lipinski definition) is 1. The Morgan fingerprint density at radius 1 is 1.25 bits per heavy atom. The first-order chi connectivity index (χ1) is 9.52. The zero-order chi connectivity index (χ0) is 14.7. The number of carbonyl (C=O) groups is 1. The lowest BCUT2D eigenvalue weighted by atomic mass is 10.2. The number of rotatable bonds is 3. The summed E-state index contributed by atoms with van der Waals surface area (Å²) in [5.74, 6) is -0.958. The van der Waals surface area contributed by atoms with Gasteiger partial charge in [0.2, 0.25) is 0 Å². The number of nitrogens with one attached hydrogen (secondary N) is 1. The van der Waals surface area contributed by atoms with E-state index in [-0.39, 0.29) is 10.6 Å². The summed E-state index contributed by atoms with van der Waals surface area (Å²) in [4.78, 5) is 12.1. The Hall–Kier alpha value is -1.78. The molecule has 0 fully saturated rings. The fourth-order valence-corrected chi connectivity index (χ4v) is 2.10. The zero-order valence-electron chi connectivity index (χ0n) is 10.4. The molecule has 2 aromatic carbocycles. The fourth-order valence-electron chi connectivity index (χ4n) is 1.68. The molecule has 3 nitrogen and oxygen atoms in total. The first kappa shape index (κ1) is 14.6. The van der Waals surface area contributed by atoms with Gasteiger partial charge in [0.1, 0.15) is 11.6 Å². The van der Waals surface area contributed by atoms with Crippen LogP contribution in [0.25, 0.3) is 0 Å². The molecule has 6 heteroatoms. The van der Waals surface area contributed by atoms with E-state index in [4.69, 9.17) is 27.9 Å². The second kappa shape index (κ2) is 6.11. The maximum absolute atomic E-state index is 13.7. The van der Waals surface area contributed by atoms with Crippen molar-refractivity contribution in [1.82, 2.24) is 0 Å². The molecule has 0 saturated heterocycles. The zero-order valence-corrected chi connectivity index (χ0v) is 11.9. The van der Waals surface area contributed by atoms with Gasteiger partial charge < -0.3 is 10.1 Å². The number of carbonyl (C=O) groups excluding carboxylic acids is 1. The summed E-state index contributed by atoms with van der Waals surface area (Å²) >= 11 is 11.7. The average Bonchev–Trinajstić information content (AvgIpc) is 2.38. The Morgan fingerprint density at radius 2 is 2.00 bits per heavy atom. The minimum atomic E-state index is -0.698. The molecule has 0 aliphatic heterocycles. The van der Waals surface area contributed by atoms with Crippen LogP contribution in [0, 0.1) is 5.82 Å². The Balaban J connectivity index is 2.35. The molecule has 2 aromatic rings. The summed E-state index contributed by atoms with van der Waals surface area (Å²) in [5.41, 5.74) is 0.112. The van der Waals surface area contributed by atoms with Crippen LogP contribution in [0.1, 0.15) is 10.4 Å². The standard InChI is InChI=1S/C14H10Cl2FNO2/c1-20-12-6-5-8(15)7-11(12)18-14(19)13-9(16)3-2-4-10(13)17/h2-7H,1H3,(H,18,19). The predicted molar refractivity (Wildman–Crippen MR) is 77.4 cm³/mol. The van der Waals surface area contributed by atoms with Gasteiger partial charge >= 0.3 is 0 Å². The fraction of sp³-hybridized carbons (Fsp3) is 0.0714. The van der Waals surface area contributed by atoms with Crippen LogP contribution in [-0.2, 0) is 0 Å². The number of benzene rings is 2. The summed E-state index contributed by atoms with van der Waals surface area (Å²) in [6.07, 6.45) is 0. The monoisotopic (exact) mass is 313 g/mol. The summed E-state index contributed by atoms with van der Waals surface area (Å²) < 4.78 is 18.8. The smallest absolute Gasteiger partial charge is 0.260 e. The summed E-state index contributed by atoms with van der Waals surface area (Å²) in [5, 5.41) is 2.98. The number of ether oxygens (including phenoxy) is 1. The molecule has 20 heavy (non-hydrogen) atoms. The van der Waals surface area contributed by atoms with Crippen LogP contribution in [0.5, 0.6) is 5.75 Å². The first-order valence-corrected chi connectivity index (χ1v) is 6.37. The highest BCUT2D eigenvalue weighted by Crippen LogP contribution is 2.29. The third-order valence-corrected chi connectivity index (χ3v) is 3.15. The average molecular weight is 314 g/mol. The number of amides is 1. The molecule has 0 aromatic heterocycles. The van der Waals surface area contributed by atoms with E-state index in [0.29, 0.717) is 16.5 Å². The van der Waals surface area contributed by atoms with Gasteiger partial charge in [-0.1, -0.05) is 29.3 Å². The van der Waals surface area contributed by atoms with Gasteiger partial charge in [0, 0.05) is 5.02 Å². The molecule has 0 spiro atoms. The summed E-state index contributed by atoms with van der Waals surface area (Å²) in [6.45, 7) is 0. The molecular weight excluding hydrogens is 304 g/mol. The van der Waals surface area contributed by atoms with E-state index in [0.717, 1.165) is 6.07 Å².